The number of anilines is 1. The SMILES string of the molecule is O=C(CCc1ccc(S(=O)(=O)NC2CC2)cc1)Nc1cccc(Cn2nc3ccccn3c2=O)c1. The summed E-state index contributed by atoms with van der Waals surface area (Å²) in [6.45, 7) is 0.287. The lowest BCUT2D eigenvalue weighted by atomic mass is 10.1. The molecule has 0 bridgehead atoms. The third-order valence-electron chi connectivity index (χ3n) is 5.81. The molecule has 180 valence electrons. The maximum absolute atomic E-state index is 12.5. The van der Waals surface area contributed by atoms with Gasteiger partial charge in [-0.1, -0.05) is 30.3 Å². The van der Waals surface area contributed by atoms with E-state index in [0.29, 0.717) is 17.8 Å². The van der Waals surface area contributed by atoms with Crippen molar-refractivity contribution in [1.82, 2.24) is 18.9 Å². The molecule has 0 saturated heterocycles. The molecule has 2 N–H and O–H groups in total. The fraction of sp³-hybridized carbons (Fsp3) is 0.240. The predicted octanol–water partition coefficient (Wildman–Crippen LogP) is 2.56. The van der Waals surface area contributed by atoms with Crippen molar-refractivity contribution in [1.29, 1.82) is 0 Å². The van der Waals surface area contributed by atoms with Crippen LogP contribution in [-0.2, 0) is 27.8 Å². The Hall–Kier alpha value is -3.76. The number of aryl methyl sites for hydroxylation is 1. The molecule has 1 aliphatic carbocycles. The molecule has 0 unspecified atom stereocenters. The average Bonchev–Trinajstić information content (AvgIpc) is 3.60. The van der Waals surface area contributed by atoms with Gasteiger partial charge >= 0.3 is 5.69 Å². The van der Waals surface area contributed by atoms with E-state index in [-0.39, 0.29) is 35.5 Å². The Kier molecular flexibility index (Phi) is 6.23. The van der Waals surface area contributed by atoms with Crippen LogP contribution in [0, 0.1) is 0 Å². The lowest BCUT2D eigenvalue weighted by Crippen LogP contribution is -2.25. The Morgan fingerprint density at radius 3 is 2.54 bits per heavy atom. The van der Waals surface area contributed by atoms with Crippen LogP contribution in [0.2, 0.25) is 0 Å². The van der Waals surface area contributed by atoms with E-state index in [1.54, 1.807) is 48.7 Å². The van der Waals surface area contributed by atoms with E-state index in [1.165, 1.54) is 9.08 Å². The molecule has 0 aliphatic heterocycles. The number of carbonyl (C=O) groups excluding carboxylic acids is 1. The van der Waals surface area contributed by atoms with Gasteiger partial charge in [0.15, 0.2) is 5.65 Å². The number of carbonyl (C=O) groups is 1. The van der Waals surface area contributed by atoms with Crippen molar-refractivity contribution in [2.45, 2.75) is 43.2 Å². The molecule has 0 radical (unpaired) electrons. The number of nitrogens with one attached hydrogen (secondary N) is 2. The number of pyridine rings is 1. The Labute approximate surface area is 202 Å². The summed E-state index contributed by atoms with van der Waals surface area (Å²) in [6, 6.07) is 19.4. The number of rotatable bonds is 9. The van der Waals surface area contributed by atoms with Crippen LogP contribution in [-0.4, -0.2) is 34.5 Å². The van der Waals surface area contributed by atoms with E-state index in [9.17, 15) is 18.0 Å². The first-order chi connectivity index (χ1) is 16.9. The Bertz CT molecular complexity index is 1540. The fourth-order valence-corrected chi connectivity index (χ4v) is 5.10. The van der Waals surface area contributed by atoms with Crippen LogP contribution < -0.4 is 15.7 Å². The maximum atomic E-state index is 12.5. The molecule has 0 spiro atoms. The van der Waals surface area contributed by atoms with E-state index in [0.717, 1.165) is 24.0 Å². The summed E-state index contributed by atoms with van der Waals surface area (Å²) in [5.74, 6) is -0.154. The first-order valence-corrected chi connectivity index (χ1v) is 12.9. The molecular weight excluding hydrogens is 466 g/mol. The quantitative estimate of drug-likeness (QED) is 0.374. The zero-order valence-corrected chi connectivity index (χ0v) is 19.7. The largest absolute Gasteiger partial charge is 0.350 e. The van der Waals surface area contributed by atoms with Gasteiger partial charge in [-0.15, -0.1) is 5.10 Å². The van der Waals surface area contributed by atoms with Crippen LogP contribution in [0.5, 0.6) is 0 Å². The molecule has 1 aliphatic rings. The molecule has 2 aromatic heterocycles. The van der Waals surface area contributed by atoms with Gasteiger partial charge in [0.25, 0.3) is 0 Å². The lowest BCUT2D eigenvalue weighted by molar-refractivity contribution is -0.116. The number of hydrogen-bond donors (Lipinski definition) is 2. The highest BCUT2D eigenvalue weighted by molar-refractivity contribution is 7.89. The second-order valence-corrected chi connectivity index (χ2v) is 10.4. The van der Waals surface area contributed by atoms with E-state index in [2.05, 4.69) is 15.1 Å². The molecule has 0 atom stereocenters. The molecule has 10 heteroatoms. The number of sulfonamides is 1. The van der Waals surface area contributed by atoms with Gasteiger partial charge in [0.2, 0.25) is 15.9 Å². The van der Waals surface area contributed by atoms with Crippen molar-refractivity contribution in [3.63, 3.8) is 0 Å². The molecule has 35 heavy (non-hydrogen) atoms. The van der Waals surface area contributed by atoms with Gasteiger partial charge in [-0.2, -0.15) is 0 Å². The van der Waals surface area contributed by atoms with Crippen LogP contribution >= 0.6 is 0 Å². The summed E-state index contributed by atoms with van der Waals surface area (Å²) in [5.41, 5.74) is 2.70. The van der Waals surface area contributed by atoms with Crippen LogP contribution in [0.15, 0.2) is 82.6 Å². The highest BCUT2D eigenvalue weighted by Crippen LogP contribution is 2.22. The number of fused-ring (bicyclic) bond motifs is 1. The van der Waals surface area contributed by atoms with Crippen molar-refractivity contribution < 1.29 is 13.2 Å². The monoisotopic (exact) mass is 491 g/mol. The third kappa shape index (κ3) is 5.50. The minimum Gasteiger partial charge on any atom is -0.326 e. The first kappa shape index (κ1) is 23.0. The number of aromatic nitrogens is 3. The van der Waals surface area contributed by atoms with Crippen LogP contribution in [0.4, 0.5) is 5.69 Å². The van der Waals surface area contributed by atoms with E-state index in [1.807, 2.05) is 24.3 Å². The van der Waals surface area contributed by atoms with Crippen LogP contribution in [0.25, 0.3) is 5.65 Å². The minimum absolute atomic E-state index is 0.0577. The topological polar surface area (TPSA) is 115 Å². The van der Waals surface area contributed by atoms with Crippen LogP contribution in [0.3, 0.4) is 0 Å². The zero-order valence-electron chi connectivity index (χ0n) is 18.9. The van der Waals surface area contributed by atoms with Crippen molar-refractivity contribution in [2.24, 2.45) is 0 Å². The second-order valence-electron chi connectivity index (χ2n) is 8.66. The third-order valence-corrected chi connectivity index (χ3v) is 7.34. The summed E-state index contributed by atoms with van der Waals surface area (Å²) in [5, 5.41) is 7.22. The summed E-state index contributed by atoms with van der Waals surface area (Å²) in [6.07, 6.45) is 4.18. The molecule has 1 amide bonds. The smallest absolute Gasteiger partial charge is 0.326 e. The van der Waals surface area contributed by atoms with Gasteiger partial charge in [-0.3, -0.25) is 9.20 Å². The predicted molar refractivity (Wildman–Crippen MR) is 132 cm³/mol. The number of nitrogens with zero attached hydrogens (tertiary/aromatic N) is 3. The molecule has 4 aromatic rings. The molecular formula is C25H25N5O4S. The van der Waals surface area contributed by atoms with Gasteiger partial charge in [0, 0.05) is 24.3 Å². The summed E-state index contributed by atoms with van der Waals surface area (Å²) in [7, 11) is -3.48. The van der Waals surface area contributed by atoms with E-state index >= 15 is 0 Å². The number of benzene rings is 2. The Morgan fingerprint density at radius 1 is 1.00 bits per heavy atom. The molecule has 9 nitrogen and oxygen atoms in total. The highest BCUT2D eigenvalue weighted by atomic mass is 32.2. The standard InChI is InChI=1S/C25H25N5O4S/c31-24(14-9-18-7-12-22(13-8-18)35(33,34)28-20-10-11-20)26-21-5-3-4-19(16-21)17-30-25(32)29-15-2-1-6-23(29)27-30/h1-8,12-13,15-16,20,28H,9-11,14,17H2,(H,26,31). The summed E-state index contributed by atoms with van der Waals surface area (Å²) >= 11 is 0. The molecule has 2 heterocycles. The highest BCUT2D eigenvalue weighted by Gasteiger charge is 2.27. The van der Waals surface area contributed by atoms with Gasteiger partial charge in [0.1, 0.15) is 0 Å². The van der Waals surface area contributed by atoms with E-state index < -0.39 is 10.0 Å². The average molecular weight is 492 g/mol. The van der Waals surface area contributed by atoms with E-state index in [4.69, 9.17) is 0 Å². The Morgan fingerprint density at radius 2 is 1.80 bits per heavy atom. The van der Waals surface area contributed by atoms with Gasteiger partial charge in [-0.05, 0) is 66.8 Å². The van der Waals surface area contributed by atoms with Crippen LogP contribution in [0.1, 0.15) is 30.4 Å². The summed E-state index contributed by atoms with van der Waals surface area (Å²) in [4.78, 5) is 25.2. The van der Waals surface area contributed by atoms with Crippen molar-refractivity contribution in [2.75, 3.05) is 5.32 Å². The molecule has 1 fully saturated rings. The molecule has 2 aromatic carbocycles. The zero-order chi connectivity index (χ0) is 24.4. The fourth-order valence-electron chi connectivity index (χ4n) is 3.80. The van der Waals surface area contributed by atoms with Crippen molar-refractivity contribution in [3.05, 3.63) is 94.5 Å². The molecule has 1 saturated carbocycles. The normalized spacial score (nSPS) is 13.7. The summed E-state index contributed by atoms with van der Waals surface area (Å²) < 4.78 is 30.1. The number of hydrogen-bond acceptors (Lipinski definition) is 5. The van der Waals surface area contributed by atoms with Crippen molar-refractivity contribution in [3.8, 4) is 0 Å². The minimum atomic E-state index is -3.48. The lowest BCUT2D eigenvalue weighted by Gasteiger charge is -2.09. The maximum Gasteiger partial charge on any atom is 0.350 e. The first-order valence-electron chi connectivity index (χ1n) is 11.4. The second kappa shape index (κ2) is 9.47. The van der Waals surface area contributed by atoms with Gasteiger partial charge < -0.3 is 5.32 Å². The number of amides is 1. The van der Waals surface area contributed by atoms with Gasteiger partial charge in [0.05, 0.1) is 11.4 Å². The Balaban J connectivity index is 1.18. The molecule has 5 rings (SSSR count). The van der Waals surface area contributed by atoms with Gasteiger partial charge in [-0.25, -0.2) is 22.6 Å². The van der Waals surface area contributed by atoms with Crippen molar-refractivity contribution >= 4 is 27.3 Å².